The second kappa shape index (κ2) is 9.55. The van der Waals surface area contributed by atoms with Crippen molar-refractivity contribution in [3.8, 4) is 17.6 Å². The van der Waals surface area contributed by atoms with Gasteiger partial charge in [0.05, 0.1) is 25.9 Å². The zero-order valence-corrected chi connectivity index (χ0v) is 17.4. The van der Waals surface area contributed by atoms with Crippen molar-refractivity contribution in [3.05, 3.63) is 83.4 Å². The zero-order valence-electron chi connectivity index (χ0n) is 17.4. The molecule has 0 aromatic heterocycles. The van der Waals surface area contributed by atoms with Crippen LogP contribution in [-0.2, 0) is 11.3 Å². The van der Waals surface area contributed by atoms with Crippen molar-refractivity contribution in [2.75, 3.05) is 24.9 Å². The number of anilines is 2. The molecule has 0 radical (unpaired) electrons. The molecule has 7 heteroatoms. The predicted octanol–water partition coefficient (Wildman–Crippen LogP) is 3.39. The third kappa shape index (κ3) is 4.70. The van der Waals surface area contributed by atoms with Crippen LogP contribution in [0.3, 0.4) is 0 Å². The van der Waals surface area contributed by atoms with Crippen LogP contribution in [0.1, 0.15) is 22.7 Å². The van der Waals surface area contributed by atoms with E-state index in [1.807, 2.05) is 35.2 Å². The van der Waals surface area contributed by atoms with E-state index >= 15 is 0 Å². The highest BCUT2D eigenvalue weighted by atomic mass is 16.5. The van der Waals surface area contributed by atoms with Crippen molar-refractivity contribution in [1.29, 1.82) is 5.26 Å². The maximum atomic E-state index is 12.7. The number of methoxy groups -OCH3 is 2. The summed E-state index contributed by atoms with van der Waals surface area (Å²) in [5.74, 6) is 0.330. The molecule has 0 spiro atoms. The van der Waals surface area contributed by atoms with E-state index in [1.54, 1.807) is 36.4 Å². The van der Waals surface area contributed by atoms with Crippen LogP contribution in [0.25, 0.3) is 0 Å². The normalized spacial score (nSPS) is 11.3. The molecular weight excluding hydrogens is 392 g/mol. The summed E-state index contributed by atoms with van der Waals surface area (Å²) in [6.07, 6.45) is 0. The molecule has 31 heavy (non-hydrogen) atoms. The number of hydrogen-bond donors (Lipinski definition) is 2. The average molecular weight is 416 g/mol. The van der Waals surface area contributed by atoms with E-state index < -0.39 is 11.9 Å². The number of primary amides is 1. The molecule has 0 bridgehead atoms. The first kappa shape index (κ1) is 21.5. The topological polar surface area (TPSA) is 115 Å². The molecule has 158 valence electrons. The Morgan fingerprint density at radius 3 is 2.19 bits per heavy atom. The molecule has 1 amide bonds. The molecule has 3 aromatic carbocycles. The summed E-state index contributed by atoms with van der Waals surface area (Å²) in [4.78, 5) is 14.6. The van der Waals surface area contributed by atoms with Crippen LogP contribution in [-0.4, -0.2) is 20.1 Å². The van der Waals surface area contributed by atoms with E-state index in [-0.39, 0.29) is 0 Å². The smallest absolute Gasteiger partial charge is 0.244 e. The first-order chi connectivity index (χ1) is 15.0. The monoisotopic (exact) mass is 416 g/mol. The summed E-state index contributed by atoms with van der Waals surface area (Å²) >= 11 is 0. The summed E-state index contributed by atoms with van der Waals surface area (Å²) in [6.45, 7) is 0.397. The van der Waals surface area contributed by atoms with Crippen LogP contribution in [0.2, 0.25) is 0 Å². The number of nitriles is 1. The van der Waals surface area contributed by atoms with Gasteiger partial charge in [0.2, 0.25) is 5.91 Å². The van der Waals surface area contributed by atoms with Gasteiger partial charge in [-0.2, -0.15) is 5.26 Å². The number of amides is 1. The fourth-order valence-electron chi connectivity index (χ4n) is 3.46. The number of ether oxygens (including phenoxy) is 2. The van der Waals surface area contributed by atoms with Gasteiger partial charge in [0.25, 0.3) is 0 Å². The molecule has 0 saturated heterocycles. The van der Waals surface area contributed by atoms with Crippen molar-refractivity contribution < 1.29 is 14.3 Å². The van der Waals surface area contributed by atoms with Gasteiger partial charge in [0.15, 0.2) is 11.5 Å². The summed E-state index contributed by atoms with van der Waals surface area (Å²) in [7, 11) is 3.03. The summed E-state index contributed by atoms with van der Waals surface area (Å²) in [5, 5.41) is 9.14. The van der Waals surface area contributed by atoms with Crippen molar-refractivity contribution in [3.63, 3.8) is 0 Å². The number of carbonyl (C=O) groups excluding carboxylic acids is 1. The molecule has 3 rings (SSSR count). The lowest BCUT2D eigenvalue weighted by molar-refractivity contribution is -0.119. The second-order valence-corrected chi connectivity index (χ2v) is 6.91. The van der Waals surface area contributed by atoms with Gasteiger partial charge in [-0.15, -0.1) is 0 Å². The molecule has 0 aliphatic carbocycles. The first-order valence-electron chi connectivity index (χ1n) is 9.60. The van der Waals surface area contributed by atoms with Crippen LogP contribution < -0.4 is 25.8 Å². The predicted molar refractivity (Wildman–Crippen MR) is 120 cm³/mol. The van der Waals surface area contributed by atoms with Gasteiger partial charge in [0, 0.05) is 29.5 Å². The highest BCUT2D eigenvalue weighted by molar-refractivity contribution is 5.87. The number of nitrogen functional groups attached to an aromatic ring is 1. The maximum absolute atomic E-state index is 12.7. The van der Waals surface area contributed by atoms with Crippen LogP contribution in [0.5, 0.6) is 11.5 Å². The van der Waals surface area contributed by atoms with Crippen LogP contribution >= 0.6 is 0 Å². The molecular formula is C24H24N4O3. The fraction of sp³-hybridized carbons (Fsp3) is 0.167. The van der Waals surface area contributed by atoms with E-state index in [2.05, 4.69) is 6.07 Å². The Morgan fingerprint density at radius 2 is 1.65 bits per heavy atom. The number of benzene rings is 3. The van der Waals surface area contributed by atoms with Crippen LogP contribution in [0, 0.1) is 11.3 Å². The molecule has 4 N–H and O–H groups in total. The molecule has 1 unspecified atom stereocenters. The minimum atomic E-state index is -0.882. The lowest BCUT2D eigenvalue weighted by atomic mass is 9.99. The fourth-order valence-corrected chi connectivity index (χ4v) is 3.46. The molecule has 0 saturated carbocycles. The molecule has 0 fully saturated rings. The SMILES string of the molecule is COc1cc(N)c(C(C(N)=O)N(Cc2ccccc2)c2ccc(C#N)cc2)cc1OC. The largest absolute Gasteiger partial charge is 0.493 e. The molecule has 7 nitrogen and oxygen atoms in total. The zero-order chi connectivity index (χ0) is 22.4. The molecule has 0 heterocycles. The Hall–Kier alpha value is -4.18. The van der Waals surface area contributed by atoms with Gasteiger partial charge in [-0.05, 0) is 35.9 Å². The third-order valence-corrected chi connectivity index (χ3v) is 4.99. The highest BCUT2D eigenvalue weighted by Gasteiger charge is 2.29. The van der Waals surface area contributed by atoms with Gasteiger partial charge in [-0.25, -0.2) is 0 Å². The lowest BCUT2D eigenvalue weighted by Crippen LogP contribution is -2.38. The van der Waals surface area contributed by atoms with E-state index in [4.69, 9.17) is 26.2 Å². The highest BCUT2D eigenvalue weighted by Crippen LogP contribution is 2.38. The Morgan fingerprint density at radius 1 is 1.03 bits per heavy atom. The number of carbonyl (C=O) groups is 1. The van der Waals surface area contributed by atoms with Gasteiger partial charge in [-0.1, -0.05) is 30.3 Å². The summed E-state index contributed by atoms with van der Waals surface area (Å²) < 4.78 is 10.7. The van der Waals surface area contributed by atoms with Gasteiger partial charge in [-0.3, -0.25) is 4.79 Å². The summed E-state index contributed by atoms with van der Waals surface area (Å²) in [6, 6.07) is 21.2. The van der Waals surface area contributed by atoms with E-state index in [9.17, 15) is 4.79 Å². The summed E-state index contributed by atoms with van der Waals surface area (Å²) in [5.41, 5.74) is 15.3. The molecule has 3 aromatic rings. The van der Waals surface area contributed by atoms with E-state index in [0.717, 1.165) is 11.3 Å². The first-order valence-corrected chi connectivity index (χ1v) is 9.60. The Bertz CT molecular complexity index is 1090. The molecule has 0 aliphatic rings. The number of nitrogens with zero attached hydrogens (tertiary/aromatic N) is 2. The van der Waals surface area contributed by atoms with Crippen LogP contribution in [0.15, 0.2) is 66.7 Å². The van der Waals surface area contributed by atoms with Gasteiger partial charge in [0.1, 0.15) is 6.04 Å². The molecule has 0 aliphatic heterocycles. The quantitative estimate of drug-likeness (QED) is 0.544. The van der Waals surface area contributed by atoms with Crippen molar-refractivity contribution in [2.45, 2.75) is 12.6 Å². The number of hydrogen-bond acceptors (Lipinski definition) is 6. The standard InChI is InChI=1S/C24H24N4O3/c1-30-21-12-19(20(26)13-22(21)31-2)23(24(27)29)28(15-17-6-4-3-5-7-17)18-10-8-16(14-25)9-11-18/h3-13,23H,15,26H2,1-2H3,(H2,27,29). The number of nitrogens with two attached hydrogens (primary N) is 2. The Balaban J connectivity index is 2.15. The lowest BCUT2D eigenvalue weighted by Gasteiger charge is -2.33. The Kier molecular flexibility index (Phi) is 6.63. The number of rotatable bonds is 8. The molecule has 1 atom stereocenters. The Labute approximate surface area is 181 Å². The van der Waals surface area contributed by atoms with Gasteiger partial charge < -0.3 is 25.8 Å². The van der Waals surface area contributed by atoms with Crippen molar-refractivity contribution in [1.82, 2.24) is 0 Å². The second-order valence-electron chi connectivity index (χ2n) is 6.91. The minimum absolute atomic E-state index is 0.355. The van der Waals surface area contributed by atoms with E-state index in [0.29, 0.717) is 34.9 Å². The minimum Gasteiger partial charge on any atom is -0.493 e. The average Bonchev–Trinajstić information content (AvgIpc) is 2.79. The van der Waals surface area contributed by atoms with Crippen LogP contribution in [0.4, 0.5) is 11.4 Å². The third-order valence-electron chi connectivity index (χ3n) is 4.99. The van der Waals surface area contributed by atoms with Crippen molar-refractivity contribution in [2.24, 2.45) is 5.73 Å². The van der Waals surface area contributed by atoms with Gasteiger partial charge >= 0.3 is 0 Å². The van der Waals surface area contributed by atoms with Crippen molar-refractivity contribution >= 4 is 17.3 Å². The van der Waals surface area contributed by atoms with E-state index in [1.165, 1.54) is 14.2 Å². The maximum Gasteiger partial charge on any atom is 0.244 e.